The molecule has 0 spiro atoms. The molecule has 1 aliphatic heterocycles. The van der Waals surface area contributed by atoms with E-state index in [1.165, 1.54) is 0 Å². The number of amides is 1. The van der Waals surface area contributed by atoms with Gasteiger partial charge in [-0.3, -0.25) is 10.2 Å². The SMILES string of the molecule is CCN1CCCC(OC(=O)Nc2cccc(C)c2)C1. The van der Waals surface area contributed by atoms with Gasteiger partial charge in [0.2, 0.25) is 0 Å². The van der Waals surface area contributed by atoms with Crippen LogP contribution in [0.4, 0.5) is 10.5 Å². The molecule has 1 unspecified atom stereocenters. The standard InChI is InChI=1S/C15H22N2O2/c1-3-17-9-5-8-14(11-17)19-15(18)16-13-7-4-6-12(2)10-13/h4,6-7,10,14H,3,5,8-9,11H2,1-2H3,(H,16,18). The quantitative estimate of drug-likeness (QED) is 0.910. The molecule has 4 nitrogen and oxygen atoms in total. The van der Waals surface area contributed by atoms with Gasteiger partial charge in [0.1, 0.15) is 6.10 Å². The summed E-state index contributed by atoms with van der Waals surface area (Å²) in [5.41, 5.74) is 1.90. The van der Waals surface area contributed by atoms with Gasteiger partial charge in [0.15, 0.2) is 0 Å². The maximum atomic E-state index is 11.8. The lowest BCUT2D eigenvalue weighted by atomic mass is 10.1. The van der Waals surface area contributed by atoms with E-state index < -0.39 is 0 Å². The number of likely N-dealkylation sites (tertiary alicyclic amines) is 1. The normalized spacial score (nSPS) is 20.0. The van der Waals surface area contributed by atoms with Crippen LogP contribution in [-0.4, -0.2) is 36.7 Å². The highest BCUT2D eigenvalue weighted by molar-refractivity contribution is 5.84. The van der Waals surface area contributed by atoms with Crippen molar-refractivity contribution in [2.75, 3.05) is 25.0 Å². The molecule has 1 fully saturated rings. The highest BCUT2D eigenvalue weighted by Gasteiger charge is 2.21. The molecule has 1 heterocycles. The van der Waals surface area contributed by atoms with Crippen molar-refractivity contribution in [2.45, 2.75) is 32.8 Å². The Morgan fingerprint density at radius 2 is 2.37 bits per heavy atom. The molecule has 2 rings (SSSR count). The number of ether oxygens (including phenoxy) is 1. The molecule has 0 bridgehead atoms. The van der Waals surface area contributed by atoms with Gasteiger partial charge in [0.25, 0.3) is 0 Å². The highest BCUT2D eigenvalue weighted by Crippen LogP contribution is 2.15. The third-order valence-corrected chi connectivity index (χ3v) is 3.45. The van der Waals surface area contributed by atoms with Crippen molar-refractivity contribution in [1.29, 1.82) is 0 Å². The fourth-order valence-electron chi connectivity index (χ4n) is 2.42. The van der Waals surface area contributed by atoms with Gasteiger partial charge < -0.3 is 4.74 Å². The van der Waals surface area contributed by atoms with Crippen LogP contribution < -0.4 is 5.32 Å². The molecule has 1 amide bonds. The number of aryl methyl sites for hydroxylation is 1. The van der Waals surface area contributed by atoms with E-state index in [-0.39, 0.29) is 12.2 Å². The molecule has 104 valence electrons. The molecule has 19 heavy (non-hydrogen) atoms. The van der Waals surface area contributed by atoms with Crippen LogP contribution >= 0.6 is 0 Å². The zero-order valence-corrected chi connectivity index (χ0v) is 11.7. The Balaban J connectivity index is 1.84. The molecular formula is C15H22N2O2. The molecule has 1 N–H and O–H groups in total. The molecule has 0 aromatic heterocycles. The van der Waals surface area contributed by atoms with E-state index in [4.69, 9.17) is 4.74 Å². The van der Waals surface area contributed by atoms with Crippen LogP contribution in [0.3, 0.4) is 0 Å². The maximum absolute atomic E-state index is 11.8. The molecule has 0 radical (unpaired) electrons. The largest absolute Gasteiger partial charge is 0.445 e. The first-order valence-corrected chi connectivity index (χ1v) is 6.94. The van der Waals surface area contributed by atoms with Gasteiger partial charge in [-0.25, -0.2) is 4.79 Å². The first kappa shape index (κ1) is 13.9. The average molecular weight is 262 g/mol. The van der Waals surface area contributed by atoms with Crippen LogP contribution in [0.1, 0.15) is 25.3 Å². The number of carbonyl (C=O) groups is 1. The van der Waals surface area contributed by atoms with E-state index in [1.54, 1.807) is 0 Å². The number of hydrogen-bond acceptors (Lipinski definition) is 3. The second-order valence-electron chi connectivity index (χ2n) is 5.06. The van der Waals surface area contributed by atoms with Gasteiger partial charge in [-0.1, -0.05) is 19.1 Å². The molecule has 1 aromatic carbocycles. The Bertz CT molecular complexity index is 434. The summed E-state index contributed by atoms with van der Waals surface area (Å²) < 4.78 is 5.48. The third-order valence-electron chi connectivity index (χ3n) is 3.45. The van der Waals surface area contributed by atoms with Crippen molar-refractivity contribution < 1.29 is 9.53 Å². The van der Waals surface area contributed by atoms with Crippen molar-refractivity contribution in [3.05, 3.63) is 29.8 Å². The Kier molecular flexibility index (Phi) is 4.80. The van der Waals surface area contributed by atoms with E-state index in [0.29, 0.717) is 0 Å². The smallest absolute Gasteiger partial charge is 0.411 e. The van der Waals surface area contributed by atoms with Crippen LogP contribution in [0.2, 0.25) is 0 Å². The van der Waals surface area contributed by atoms with Crippen molar-refractivity contribution in [3.63, 3.8) is 0 Å². The van der Waals surface area contributed by atoms with E-state index in [2.05, 4.69) is 17.1 Å². The molecule has 1 aromatic rings. The van der Waals surface area contributed by atoms with E-state index in [0.717, 1.165) is 43.7 Å². The average Bonchev–Trinajstić information content (AvgIpc) is 2.38. The minimum Gasteiger partial charge on any atom is -0.445 e. The molecule has 1 saturated heterocycles. The van der Waals surface area contributed by atoms with Crippen LogP contribution in [0.5, 0.6) is 0 Å². The van der Waals surface area contributed by atoms with Crippen molar-refractivity contribution in [1.82, 2.24) is 4.90 Å². The van der Waals surface area contributed by atoms with Crippen LogP contribution in [0, 0.1) is 6.92 Å². The maximum Gasteiger partial charge on any atom is 0.411 e. The van der Waals surface area contributed by atoms with Crippen molar-refractivity contribution >= 4 is 11.8 Å². The summed E-state index contributed by atoms with van der Waals surface area (Å²) in [6, 6.07) is 7.72. The van der Waals surface area contributed by atoms with E-state index in [1.807, 2.05) is 31.2 Å². The van der Waals surface area contributed by atoms with E-state index in [9.17, 15) is 4.79 Å². The number of carbonyl (C=O) groups excluding carboxylic acids is 1. The predicted molar refractivity (Wildman–Crippen MR) is 76.4 cm³/mol. The third kappa shape index (κ3) is 4.24. The Morgan fingerprint density at radius 1 is 1.53 bits per heavy atom. The first-order chi connectivity index (χ1) is 9.17. The fourth-order valence-corrected chi connectivity index (χ4v) is 2.42. The highest BCUT2D eigenvalue weighted by atomic mass is 16.6. The van der Waals surface area contributed by atoms with Crippen molar-refractivity contribution in [3.8, 4) is 0 Å². The minimum atomic E-state index is -0.353. The molecule has 4 heteroatoms. The number of rotatable bonds is 3. The lowest BCUT2D eigenvalue weighted by Gasteiger charge is -2.31. The van der Waals surface area contributed by atoms with Gasteiger partial charge in [0, 0.05) is 12.2 Å². The van der Waals surface area contributed by atoms with Gasteiger partial charge in [-0.2, -0.15) is 0 Å². The van der Waals surface area contributed by atoms with Crippen LogP contribution in [-0.2, 0) is 4.74 Å². The molecular weight excluding hydrogens is 240 g/mol. The summed E-state index contributed by atoms with van der Waals surface area (Å²) in [5.74, 6) is 0. The monoisotopic (exact) mass is 262 g/mol. The summed E-state index contributed by atoms with van der Waals surface area (Å²) in [4.78, 5) is 14.1. The number of likely N-dealkylation sites (N-methyl/N-ethyl adjacent to an activating group) is 1. The summed E-state index contributed by atoms with van der Waals surface area (Å²) in [5, 5.41) is 2.78. The second-order valence-corrected chi connectivity index (χ2v) is 5.06. The molecule has 0 aliphatic carbocycles. The van der Waals surface area contributed by atoms with Crippen LogP contribution in [0.15, 0.2) is 24.3 Å². The first-order valence-electron chi connectivity index (χ1n) is 6.94. The molecule has 1 atom stereocenters. The number of hydrogen-bond donors (Lipinski definition) is 1. The predicted octanol–water partition coefficient (Wildman–Crippen LogP) is 3.03. The Labute approximate surface area is 114 Å². The number of nitrogens with one attached hydrogen (secondary N) is 1. The number of anilines is 1. The lowest BCUT2D eigenvalue weighted by Crippen LogP contribution is -2.40. The van der Waals surface area contributed by atoms with Gasteiger partial charge >= 0.3 is 6.09 Å². The zero-order chi connectivity index (χ0) is 13.7. The minimum absolute atomic E-state index is 0.0125. The molecule has 1 aliphatic rings. The van der Waals surface area contributed by atoms with Gasteiger partial charge in [-0.15, -0.1) is 0 Å². The summed E-state index contributed by atoms with van der Waals surface area (Å²) >= 11 is 0. The van der Waals surface area contributed by atoms with Crippen LogP contribution in [0.25, 0.3) is 0 Å². The Morgan fingerprint density at radius 3 is 3.11 bits per heavy atom. The van der Waals surface area contributed by atoms with E-state index >= 15 is 0 Å². The topological polar surface area (TPSA) is 41.6 Å². The lowest BCUT2D eigenvalue weighted by molar-refractivity contribution is 0.0520. The second kappa shape index (κ2) is 6.57. The summed E-state index contributed by atoms with van der Waals surface area (Å²) in [7, 11) is 0. The summed E-state index contributed by atoms with van der Waals surface area (Å²) in [6.07, 6.45) is 1.71. The zero-order valence-electron chi connectivity index (χ0n) is 11.7. The molecule has 0 saturated carbocycles. The Hall–Kier alpha value is -1.55. The number of benzene rings is 1. The van der Waals surface area contributed by atoms with Crippen molar-refractivity contribution in [2.24, 2.45) is 0 Å². The number of nitrogens with zero attached hydrogens (tertiary/aromatic N) is 1. The number of piperidine rings is 1. The fraction of sp³-hybridized carbons (Fsp3) is 0.533. The van der Waals surface area contributed by atoms with Gasteiger partial charge in [-0.05, 0) is 50.6 Å². The van der Waals surface area contributed by atoms with Gasteiger partial charge in [0.05, 0.1) is 0 Å². The summed E-state index contributed by atoms with van der Waals surface area (Å²) in [6.45, 7) is 7.10.